The third-order valence-electron chi connectivity index (χ3n) is 13.7. The highest BCUT2D eigenvalue weighted by atomic mass is 16.3. The highest BCUT2D eigenvalue weighted by Crippen LogP contribution is 2.47. The molecule has 0 bridgehead atoms. The van der Waals surface area contributed by atoms with Gasteiger partial charge in [0.05, 0.1) is 56.4 Å². The molecule has 14 rings (SSSR count). The number of nitriles is 2. The Labute approximate surface area is 400 Å². The quantitative estimate of drug-likeness (QED) is 0.165. The molecule has 0 atom stereocenters. The number of para-hydroxylation sites is 6. The molecule has 0 saturated carbocycles. The first kappa shape index (κ1) is 39.2. The van der Waals surface area contributed by atoms with Crippen molar-refractivity contribution in [1.29, 1.82) is 10.5 Å². The molecule has 8 heteroatoms. The van der Waals surface area contributed by atoms with Crippen LogP contribution in [0.2, 0.25) is 0 Å². The summed E-state index contributed by atoms with van der Waals surface area (Å²) in [7, 11) is 0. The van der Waals surface area contributed by atoms with Gasteiger partial charge in [-0.15, -0.1) is 0 Å². The molecule has 5 heterocycles. The van der Waals surface area contributed by atoms with Crippen LogP contribution in [0.15, 0.2) is 217 Å². The zero-order valence-corrected chi connectivity index (χ0v) is 37.2. The van der Waals surface area contributed by atoms with Gasteiger partial charge >= 0.3 is 0 Å². The number of hydrogen-bond donors (Lipinski definition) is 0. The van der Waals surface area contributed by atoms with Gasteiger partial charge in [-0.2, -0.15) is 10.5 Å². The van der Waals surface area contributed by atoms with Gasteiger partial charge in [-0.05, 0) is 114 Å². The first-order valence-corrected chi connectivity index (χ1v) is 23.1. The number of benzene rings is 9. The second-order valence-corrected chi connectivity index (χ2v) is 17.6. The molecule has 0 aliphatic heterocycles. The molecule has 9 aromatic carbocycles. The predicted molar refractivity (Wildman–Crippen MR) is 281 cm³/mol. The minimum atomic E-state index is 0.575. The van der Waals surface area contributed by atoms with Gasteiger partial charge in [0.1, 0.15) is 28.6 Å². The van der Waals surface area contributed by atoms with Crippen LogP contribution in [0.3, 0.4) is 0 Å². The van der Waals surface area contributed by atoms with Gasteiger partial charge in [-0.25, -0.2) is 9.97 Å². The Morgan fingerprint density at radius 2 is 0.957 bits per heavy atom. The van der Waals surface area contributed by atoms with E-state index in [-0.39, 0.29) is 0 Å². The molecule has 0 amide bonds. The van der Waals surface area contributed by atoms with Crippen molar-refractivity contribution in [3.8, 4) is 63.1 Å². The molecular weight excluding hydrogens is 859 g/mol. The maximum atomic E-state index is 10.2. The summed E-state index contributed by atoms with van der Waals surface area (Å²) in [6.07, 6.45) is 0. The number of nitrogens with zero attached hydrogens (tertiary/aromatic N) is 7. The van der Waals surface area contributed by atoms with Gasteiger partial charge in [0.2, 0.25) is 0 Å². The van der Waals surface area contributed by atoms with Crippen molar-refractivity contribution in [3.05, 3.63) is 223 Å². The SMILES string of the molecule is N#Cc1ccc2c(c1)c1ccccc1n2-c1cc(-c2ccccc2-c2nc3ccccc3n2-c2ccccc2)c(-c2ccc3c(c2)oc2ccccc23)c(-n2c3ccccc3c3cc(C#N)ccc32)n1. The van der Waals surface area contributed by atoms with Crippen LogP contribution in [0.1, 0.15) is 11.1 Å². The second-order valence-electron chi connectivity index (χ2n) is 17.6. The summed E-state index contributed by atoms with van der Waals surface area (Å²) in [5.74, 6) is 2.16. The molecule has 8 nitrogen and oxygen atoms in total. The molecule has 0 unspecified atom stereocenters. The molecule has 0 saturated heterocycles. The van der Waals surface area contributed by atoms with Crippen LogP contribution >= 0.6 is 0 Å². The third kappa shape index (κ3) is 5.81. The number of imidazole rings is 1. The highest BCUT2D eigenvalue weighted by molar-refractivity contribution is 6.13. The van der Waals surface area contributed by atoms with E-state index in [1.807, 2.05) is 84.9 Å². The van der Waals surface area contributed by atoms with Gasteiger partial charge in [-0.3, -0.25) is 13.7 Å². The fourth-order valence-corrected chi connectivity index (χ4v) is 10.7. The van der Waals surface area contributed by atoms with Gasteiger partial charge in [0.15, 0.2) is 0 Å². The number of pyridine rings is 1. The number of fused-ring (bicyclic) bond motifs is 10. The number of furan rings is 1. The summed E-state index contributed by atoms with van der Waals surface area (Å²) in [4.78, 5) is 11.3. The fraction of sp³-hybridized carbons (Fsp3) is 0. The van der Waals surface area contributed by atoms with E-state index < -0.39 is 0 Å². The van der Waals surface area contributed by atoms with Gasteiger partial charge < -0.3 is 4.42 Å². The average Bonchev–Trinajstić information content (AvgIpc) is 4.18. The van der Waals surface area contributed by atoms with E-state index in [0.717, 1.165) is 116 Å². The molecule has 0 N–H and O–H groups in total. The van der Waals surface area contributed by atoms with E-state index in [1.165, 1.54) is 0 Å². The Balaban J connectivity index is 1.18. The Bertz CT molecular complexity index is 4570. The monoisotopic (exact) mass is 893 g/mol. The maximum absolute atomic E-state index is 10.2. The summed E-state index contributed by atoms with van der Waals surface area (Å²) in [5, 5.41) is 26.3. The first-order chi connectivity index (χ1) is 34.6. The summed E-state index contributed by atoms with van der Waals surface area (Å²) in [6.45, 7) is 0. The second kappa shape index (κ2) is 15.3. The van der Waals surface area contributed by atoms with E-state index >= 15 is 0 Å². The first-order valence-electron chi connectivity index (χ1n) is 23.1. The lowest BCUT2D eigenvalue weighted by molar-refractivity contribution is 0.669. The normalized spacial score (nSPS) is 11.7. The summed E-state index contributed by atoms with van der Waals surface area (Å²) >= 11 is 0. The lowest BCUT2D eigenvalue weighted by Gasteiger charge is -2.22. The van der Waals surface area contributed by atoms with E-state index in [4.69, 9.17) is 14.4 Å². The topological polar surface area (TPSA) is 101 Å². The van der Waals surface area contributed by atoms with Crippen molar-refractivity contribution in [1.82, 2.24) is 23.7 Å². The molecule has 324 valence electrons. The van der Waals surface area contributed by atoms with Crippen molar-refractivity contribution < 1.29 is 4.42 Å². The van der Waals surface area contributed by atoms with E-state index in [0.29, 0.717) is 22.8 Å². The predicted octanol–water partition coefficient (Wildman–Crippen LogP) is 15.3. The molecule has 0 spiro atoms. The summed E-state index contributed by atoms with van der Waals surface area (Å²) < 4.78 is 13.4. The minimum absolute atomic E-state index is 0.575. The van der Waals surface area contributed by atoms with Crippen LogP contribution in [-0.2, 0) is 0 Å². The Kier molecular flexibility index (Phi) is 8.54. The van der Waals surface area contributed by atoms with E-state index in [1.54, 1.807) is 0 Å². The molecule has 5 aromatic heterocycles. The van der Waals surface area contributed by atoms with E-state index in [9.17, 15) is 10.5 Å². The molecule has 0 fully saturated rings. The van der Waals surface area contributed by atoms with Crippen LogP contribution in [0.5, 0.6) is 0 Å². The van der Waals surface area contributed by atoms with Gasteiger partial charge in [0.25, 0.3) is 0 Å². The number of hydrogen-bond acceptors (Lipinski definition) is 5. The van der Waals surface area contributed by atoms with Crippen LogP contribution in [0.4, 0.5) is 0 Å². The summed E-state index contributed by atoms with van der Waals surface area (Å²) in [6, 6.07) is 77.2. The lowest BCUT2D eigenvalue weighted by Crippen LogP contribution is -2.08. The van der Waals surface area contributed by atoms with Gasteiger partial charge in [0, 0.05) is 49.1 Å². The fourth-order valence-electron chi connectivity index (χ4n) is 10.7. The molecule has 70 heavy (non-hydrogen) atoms. The molecule has 14 aromatic rings. The Morgan fingerprint density at radius 3 is 1.69 bits per heavy atom. The maximum Gasteiger partial charge on any atom is 0.148 e. The van der Waals surface area contributed by atoms with Crippen LogP contribution < -0.4 is 0 Å². The van der Waals surface area contributed by atoms with Gasteiger partial charge in [-0.1, -0.05) is 115 Å². The standard InChI is InChI=1S/C62H35N7O/c63-36-38-26-30-54-48(32-38)43-17-6-10-22-52(43)68(54)59-35-50(42-16-4-5-20-47(42)61-65-51-21-9-12-24-56(51)67(61)41-14-2-1-3-15-41)60(40-28-29-46-45-19-8-13-25-57(45)70-58(46)34-40)62(66-59)69-53-23-11-7-18-44(53)49-33-39(37-64)27-31-55(49)69/h1-35H. The van der Waals surface area contributed by atoms with Crippen LogP contribution in [-0.4, -0.2) is 23.7 Å². The van der Waals surface area contributed by atoms with E-state index in [2.05, 4.69) is 153 Å². The summed E-state index contributed by atoms with van der Waals surface area (Å²) in [5.41, 5.74) is 13.9. The lowest BCUT2D eigenvalue weighted by atomic mass is 9.91. The Hall–Kier alpha value is -10.0. The molecular formula is C62H35N7O. The molecule has 0 aliphatic carbocycles. The largest absolute Gasteiger partial charge is 0.456 e. The smallest absolute Gasteiger partial charge is 0.148 e. The van der Waals surface area contributed by atoms with Crippen LogP contribution in [0, 0.1) is 22.7 Å². The molecule has 0 radical (unpaired) electrons. The average molecular weight is 894 g/mol. The zero-order chi connectivity index (χ0) is 46.5. The van der Waals surface area contributed by atoms with Crippen molar-refractivity contribution in [2.75, 3.05) is 0 Å². The third-order valence-corrected chi connectivity index (χ3v) is 13.7. The Morgan fingerprint density at radius 1 is 0.386 bits per heavy atom. The molecule has 0 aliphatic rings. The van der Waals surface area contributed by atoms with Crippen molar-refractivity contribution in [2.24, 2.45) is 0 Å². The van der Waals surface area contributed by atoms with Crippen molar-refractivity contribution >= 4 is 76.6 Å². The zero-order valence-electron chi connectivity index (χ0n) is 37.2. The van der Waals surface area contributed by atoms with Crippen LogP contribution in [0.25, 0.3) is 128 Å². The van der Waals surface area contributed by atoms with Crippen molar-refractivity contribution in [2.45, 2.75) is 0 Å². The minimum Gasteiger partial charge on any atom is -0.456 e. The van der Waals surface area contributed by atoms with Crippen molar-refractivity contribution in [3.63, 3.8) is 0 Å². The highest BCUT2D eigenvalue weighted by Gasteiger charge is 2.27. The number of rotatable bonds is 6. The number of aromatic nitrogens is 5.